The van der Waals surface area contributed by atoms with Gasteiger partial charge in [-0.1, -0.05) is 32.8 Å². The van der Waals surface area contributed by atoms with E-state index in [-0.39, 0.29) is 17.5 Å². The summed E-state index contributed by atoms with van der Waals surface area (Å²) in [6.07, 6.45) is 14.7. The van der Waals surface area contributed by atoms with Crippen LogP contribution in [-0.2, 0) is 9.53 Å². The van der Waals surface area contributed by atoms with Gasteiger partial charge in [-0.25, -0.2) is 0 Å². The highest BCUT2D eigenvalue weighted by atomic mass is 32.1. The van der Waals surface area contributed by atoms with Crippen LogP contribution in [0.5, 0.6) is 0 Å². The molecule has 32 heavy (non-hydrogen) atoms. The molecule has 4 aliphatic rings. The summed E-state index contributed by atoms with van der Waals surface area (Å²) >= 11 is 5.34. The standard InChI is InChI=1S/C26H41N3O2S/c1-4-6-15-27-25(32)29-28-18-8-10-19-17(16-18)7-9-21-20(19)13-14-26(3)22(21)11-12-23(26)31-24(30)5-2/h16,19-23H,4-15H2,1-3H3,(H2,27,29,32)/b28-18+. The van der Waals surface area contributed by atoms with Crippen molar-refractivity contribution in [1.82, 2.24) is 10.7 Å². The maximum atomic E-state index is 12.0. The van der Waals surface area contributed by atoms with E-state index in [1.54, 1.807) is 5.57 Å². The van der Waals surface area contributed by atoms with Crippen molar-refractivity contribution in [2.45, 2.75) is 97.5 Å². The number of carbonyl (C=O) groups is 1. The van der Waals surface area contributed by atoms with Gasteiger partial charge in [0.1, 0.15) is 6.10 Å². The first-order chi connectivity index (χ1) is 15.5. The summed E-state index contributed by atoms with van der Waals surface area (Å²) in [7, 11) is 0. The van der Waals surface area contributed by atoms with Crippen molar-refractivity contribution in [3.05, 3.63) is 11.6 Å². The number of rotatable bonds is 6. The molecule has 0 heterocycles. The molecule has 0 saturated heterocycles. The highest BCUT2D eigenvalue weighted by Gasteiger charge is 2.57. The third-order valence-corrected chi connectivity index (χ3v) is 9.14. The molecular weight excluding hydrogens is 418 g/mol. The second-order valence-corrected chi connectivity index (χ2v) is 11.0. The van der Waals surface area contributed by atoms with Gasteiger partial charge in [-0.3, -0.25) is 10.2 Å². The number of thiocarbonyl (C=S) groups is 1. The number of hydrazone groups is 1. The van der Waals surface area contributed by atoms with Crippen molar-refractivity contribution in [3.8, 4) is 0 Å². The van der Waals surface area contributed by atoms with Crippen molar-refractivity contribution in [3.63, 3.8) is 0 Å². The Morgan fingerprint density at radius 2 is 2.03 bits per heavy atom. The highest BCUT2D eigenvalue weighted by Crippen LogP contribution is 2.62. The van der Waals surface area contributed by atoms with E-state index in [1.165, 1.54) is 38.5 Å². The Balaban J connectivity index is 1.39. The molecule has 5 nitrogen and oxygen atoms in total. The molecule has 0 aliphatic heterocycles. The van der Waals surface area contributed by atoms with Crippen LogP contribution in [0.15, 0.2) is 16.8 Å². The van der Waals surface area contributed by atoms with Crippen LogP contribution in [0.2, 0.25) is 0 Å². The largest absolute Gasteiger partial charge is 0.462 e. The summed E-state index contributed by atoms with van der Waals surface area (Å²) in [5, 5.41) is 8.45. The highest BCUT2D eigenvalue weighted by molar-refractivity contribution is 7.80. The minimum atomic E-state index is -0.0272. The first kappa shape index (κ1) is 23.7. The van der Waals surface area contributed by atoms with Crippen LogP contribution in [-0.4, -0.2) is 29.4 Å². The number of hydrogen-bond donors (Lipinski definition) is 2. The fraction of sp³-hybridized carbons (Fsp3) is 0.808. The molecule has 3 fully saturated rings. The van der Waals surface area contributed by atoms with E-state index in [0.29, 0.717) is 23.4 Å². The SMILES string of the molecule is CCCCNC(=S)N/N=C1/C=C2CCC3C(CCC4(C)C(OC(=O)CC)CCC34)C2CC1. The number of unbranched alkanes of at least 4 members (excludes halogenated alkanes) is 1. The van der Waals surface area contributed by atoms with E-state index in [4.69, 9.17) is 17.0 Å². The molecule has 6 unspecified atom stereocenters. The van der Waals surface area contributed by atoms with Crippen LogP contribution in [0.3, 0.4) is 0 Å². The van der Waals surface area contributed by atoms with E-state index in [9.17, 15) is 4.79 Å². The number of fused-ring (bicyclic) bond motifs is 5. The van der Waals surface area contributed by atoms with Crippen LogP contribution >= 0.6 is 12.2 Å². The van der Waals surface area contributed by atoms with Gasteiger partial charge in [-0.2, -0.15) is 5.10 Å². The molecule has 0 amide bonds. The average molecular weight is 460 g/mol. The molecule has 4 aliphatic carbocycles. The predicted octanol–water partition coefficient (Wildman–Crippen LogP) is 5.50. The predicted molar refractivity (Wildman–Crippen MR) is 133 cm³/mol. The minimum Gasteiger partial charge on any atom is -0.462 e. The molecule has 0 aromatic carbocycles. The van der Waals surface area contributed by atoms with Crippen LogP contribution in [0.1, 0.15) is 91.4 Å². The Hall–Kier alpha value is -1.43. The number of esters is 1. The maximum absolute atomic E-state index is 12.0. The molecule has 2 N–H and O–H groups in total. The third kappa shape index (κ3) is 4.76. The van der Waals surface area contributed by atoms with Crippen molar-refractivity contribution >= 4 is 29.0 Å². The number of hydrogen-bond acceptors (Lipinski definition) is 4. The van der Waals surface area contributed by atoms with E-state index < -0.39 is 0 Å². The van der Waals surface area contributed by atoms with Gasteiger partial charge in [0.25, 0.3) is 0 Å². The number of carbonyl (C=O) groups excluding carboxylic acids is 1. The van der Waals surface area contributed by atoms with E-state index >= 15 is 0 Å². The summed E-state index contributed by atoms with van der Waals surface area (Å²) < 4.78 is 5.92. The molecule has 6 heteroatoms. The topological polar surface area (TPSA) is 62.7 Å². The van der Waals surface area contributed by atoms with Crippen LogP contribution < -0.4 is 10.7 Å². The quantitative estimate of drug-likeness (QED) is 0.238. The smallest absolute Gasteiger partial charge is 0.305 e. The Bertz CT molecular complexity index is 779. The lowest BCUT2D eigenvalue weighted by Gasteiger charge is -2.53. The first-order valence-electron chi connectivity index (χ1n) is 13.0. The summed E-state index contributed by atoms with van der Waals surface area (Å²) in [6.45, 7) is 7.39. The molecule has 0 aromatic heterocycles. The van der Waals surface area contributed by atoms with Crippen molar-refractivity contribution in [1.29, 1.82) is 0 Å². The van der Waals surface area contributed by atoms with Crippen LogP contribution in [0, 0.1) is 29.1 Å². The summed E-state index contributed by atoms with van der Waals surface area (Å²) in [6, 6.07) is 0. The molecule has 4 rings (SSSR count). The second-order valence-electron chi connectivity index (χ2n) is 10.6. The maximum Gasteiger partial charge on any atom is 0.305 e. The average Bonchev–Trinajstić information content (AvgIpc) is 3.13. The molecule has 178 valence electrons. The summed E-state index contributed by atoms with van der Waals surface area (Å²) in [4.78, 5) is 12.0. The van der Waals surface area contributed by atoms with E-state index in [1.807, 2.05) is 6.92 Å². The number of nitrogens with zero attached hydrogens (tertiary/aromatic N) is 1. The summed E-state index contributed by atoms with van der Waals surface area (Å²) in [5.41, 5.74) is 5.98. The van der Waals surface area contributed by atoms with Gasteiger partial charge in [0, 0.05) is 18.4 Å². The fourth-order valence-electron chi connectivity index (χ4n) is 7.21. The van der Waals surface area contributed by atoms with Crippen molar-refractivity contribution < 1.29 is 9.53 Å². The minimum absolute atomic E-state index is 0.0272. The monoisotopic (exact) mass is 459 g/mol. The molecule has 0 radical (unpaired) electrons. The van der Waals surface area contributed by atoms with Crippen LogP contribution in [0.25, 0.3) is 0 Å². The van der Waals surface area contributed by atoms with Gasteiger partial charge in [0.15, 0.2) is 5.11 Å². The van der Waals surface area contributed by atoms with Gasteiger partial charge < -0.3 is 10.1 Å². The fourth-order valence-corrected chi connectivity index (χ4v) is 7.36. The lowest BCUT2D eigenvalue weighted by atomic mass is 9.52. The molecule has 0 aromatic rings. The Labute approximate surface area is 199 Å². The normalized spacial score (nSPS) is 37.0. The number of allylic oxidation sites excluding steroid dienone is 2. The summed E-state index contributed by atoms with van der Waals surface area (Å²) in [5.74, 6) is 2.97. The van der Waals surface area contributed by atoms with Gasteiger partial charge in [0.05, 0.1) is 5.71 Å². The van der Waals surface area contributed by atoms with Crippen molar-refractivity contribution in [2.24, 2.45) is 34.2 Å². The number of nitrogens with one attached hydrogen (secondary N) is 2. The van der Waals surface area contributed by atoms with E-state index in [0.717, 1.165) is 49.8 Å². The van der Waals surface area contributed by atoms with Crippen LogP contribution in [0.4, 0.5) is 0 Å². The Morgan fingerprint density at radius 3 is 2.81 bits per heavy atom. The Morgan fingerprint density at radius 1 is 1.19 bits per heavy atom. The lowest BCUT2D eigenvalue weighted by molar-refractivity contribution is -0.158. The molecule has 0 bridgehead atoms. The van der Waals surface area contributed by atoms with E-state index in [2.05, 4.69) is 35.8 Å². The molecule has 0 spiro atoms. The third-order valence-electron chi connectivity index (χ3n) is 8.91. The van der Waals surface area contributed by atoms with Crippen molar-refractivity contribution in [2.75, 3.05) is 6.54 Å². The zero-order valence-electron chi connectivity index (χ0n) is 20.1. The molecular formula is C26H41N3O2S. The zero-order valence-corrected chi connectivity index (χ0v) is 20.9. The van der Waals surface area contributed by atoms with Gasteiger partial charge in [0.2, 0.25) is 0 Å². The molecule has 6 atom stereocenters. The van der Waals surface area contributed by atoms with Gasteiger partial charge in [-0.05, 0) is 99.8 Å². The van der Waals surface area contributed by atoms with Gasteiger partial charge >= 0.3 is 5.97 Å². The number of ether oxygens (including phenoxy) is 1. The first-order valence-corrected chi connectivity index (χ1v) is 13.4. The zero-order chi connectivity index (χ0) is 22.7. The Kier molecular flexibility index (Phi) is 7.58. The second kappa shape index (κ2) is 10.2. The lowest BCUT2D eigenvalue weighted by Crippen LogP contribution is -2.48. The van der Waals surface area contributed by atoms with Gasteiger partial charge in [-0.15, -0.1) is 0 Å². The molecule has 3 saturated carbocycles.